The molecule has 0 aliphatic carbocycles. The second kappa shape index (κ2) is 26.8. The molecular weight excluding hydrogens is 855 g/mol. The molecule has 6 amide bonds. The summed E-state index contributed by atoms with van der Waals surface area (Å²) in [4.78, 5) is 78.8. The fourth-order valence-electron chi connectivity index (χ4n) is 6.66. The van der Waals surface area contributed by atoms with E-state index in [-0.39, 0.29) is 68.4 Å². The fourth-order valence-corrected chi connectivity index (χ4v) is 6.66. The van der Waals surface area contributed by atoms with Gasteiger partial charge in [0, 0.05) is 64.3 Å². The predicted octanol–water partition coefficient (Wildman–Crippen LogP) is 5.07. The number of rotatable bonds is 27. The second-order valence-electron chi connectivity index (χ2n) is 15.6. The summed E-state index contributed by atoms with van der Waals surface area (Å²) in [5.74, 6) is -2.67. The lowest BCUT2D eigenvalue weighted by Crippen LogP contribution is -2.49. The first-order valence-electron chi connectivity index (χ1n) is 22.2. The Bertz CT molecular complexity index is 2240. The van der Waals surface area contributed by atoms with Gasteiger partial charge in [-0.1, -0.05) is 37.6 Å². The molecular formula is C46H61N9O11. The molecule has 1 atom stereocenters. The molecule has 3 aromatic carbocycles. The molecule has 20 nitrogen and oxygen atoms in total. The SMILES string of the molecule is CCCCC(NC(=O)CCC(=O)N(O)CCCCCNC(=O)c1ccc(-n2nc(-c3ccccc3O)nc2-c2ccccc2O)cc1)N(O)C(=O)CCC(=O)NCCCCCN(O)C(C)=O. The van der Waals surface area contributed by atoms with Crippen molar-refractivity contribution in [3.63, 3.8) is 0 Å². The number of aromatic nitrogens is 3. The Morgan fingerprint density at radius 3 is 1.85 bits per heavy atom. The molecule has 1 heterocycles. The Kier molecular flexibility index (Phi) is 21.0. The number of phenols is 2. The molecule has 1 aromatic heterocycles. The molecule has 66 heavy (non-hydrogen) atoms. The van der Waals surface area contributed by atoms with Crippen LogP contribution in [0.25, 0.3) is 28.5 Å². The largest absolute Gasteiger partial charge is 0.507 e. The molecule has 0 fully saturated rings. The molecule has 0 radical (unpaired) electrons. The van der Waals surface area contributed by atoms with Gasteiger partial charge < -0.3 is 26.2 Å². The van der Waals surface area contributed by atoms with Gasteiger partial charge in [-0.25, -0.2) is 24.9 Å². The van der Waals surface area contributed by atoms with Gasteiger partial charge in [-0.2, -0.15) is 0 Å². The molecule has 4 aromatic rings. The van der Waals surface area contributed by atoms with Crippen molar-refractivity contribution < 1.29 is 54.6 Å². The van der Waals surface area contributed by atoms with E-state index in [0.29, 0.717) is 108 Å². The number of nitrogens with zero attached hydrogens (tertiary/aromatic N) is 6. The quantitative estimate of drug-likeness (QED) is 0.0168. The van der Waals surface area contributed by atoms with Gasteiger partial charge in [0.2, 0.25) is 29.5 Å². The minimum absolute atomic E-state index is 0.00168. The lowest BCUT2D eigenvalue weighted by molar-refractivity contribution is -0.181. The molecule has 0 saturated carbocycles. The van der Waals surface area contributed by atoms with Gasteiger partial charge in [0.25, 0.3) is 5.91 Å². The van der Waals surface area contributed by atoms with E-state index in [1.807, 2.05) is 6.92 Å². The smallest absolute Gasteiger partial charge is 0.251 e. The van der Waals surface area contributed by atoms with Crippen LogP contribution >= 0.6 is 0 Å². The summed E-state index contributed by atoms with van der Waals surface area (Å²) in [7, 11) is 0. The van der Waals surface area contributed by atoms with Crippen molar-refractivity contribution in [2.75, 3.05) is 26.2 Å². The number of benzene rings is 3. The summed E-state index contributed by atoms with van der Waals surface area (Å²) in [6.07, 6.45) is 2.66. The molecule has 4 rings (SSSR count). The van der Waals surface area contributed by atoms with Crippen LogP contribution in [0, 0.1) is 0 Å². The van der Waals surface area contributed by atoms with Gasteiger partial charge in [-0.3, -0.25) is 44.4 Å². The van der Waals surface area contributed by atoms with Crippen LogP contribution in [0.4, 0.5) is 0 Å². The lowest BCUT2D eigenvalue weighted by atomic mass is 10.1. The van der Waals surface area contributed by atoms with Gasteiger partial charge >= 0.3 is 0 Å². The molecule has 0 saturated heterocycles. The van der Waals surface area contributed by atoms with Gasteiger partial charge in [-0.15, -0.1) is 5.10 Å². The first-order chi connectivity index (χ1) is 31.7. The number of nitrogens with one attached hydrogen (secondary N) is 3. The monoisotopic (exact) mass is 915 g/mol. The van der Waals surface area contributed by atoms with Crippen LogP contribution in [0.5, 0.6) is 11.5 Å². The second-order valence-corrected chi connectivity index (χ2v) is 15.6. The number of amides is 6. The van der Waals surface area contributed by atoms with Crippen molar-refractivity contribution in [2.24, 2.45) is 0 Å². The van der Waals surface area contributed by atoms with E-state index in [1.165, 1.54) is 23.7 Å². The van der Waals surface area contributed by atoms with Crippen LogP contribution in [-0.2, 0) is 24.0 Å². The summed E-state index contributed by atoms with van der Waals surface area (Å²) in [6.45, 7) is 4.01. The molecule has 356 valence electrons. The van der Waals surface area contributed by atoms with E-state index in [1.54, 1.807) is 60.7 Å². The van der Waals surface area contributed by atoms with Crippen molar-refractivity contribution in [1.29, 1.82) is 0 Å². The zero-order chi connectivity index (χ0) is 48.0. The maximum absolute atomic E-state index is 12.9. The van der Waals surface area contributed by atoms with Crippen LogP contribution in [-0.4, -0.2) is 124 Å². The molecule has 0 spiro atoms. The first-order valence-corrected chi connectivity index (χ1v) is 22.2. The number of carbonyl (C=O) groups is 6. The molecule has 0 bridgehead atoms. The number of hydrogen-bond acceptors (Lipinski definition) is 13. The van der Waals surface area contributed by atoms with Crippen LogP contribution in [0.1, 0.15) is 108 Å². The average molecular weight is 916 g/mol. The highest BCUT2D eigenvalue weighted by molar-refractivity contribution is 5.94. The normalized spacial score (nSPS) is 11.3. The Balaban J connectivity index is 1.14. The van der Waals surface area contributed by atoms with Gasteiger partial charge in [0.15, 0.2) is 11.6 Å². The van der Waals surface area contributed by atoms with E-state index in [0.717, 1.165) is 0 Å². The number of hydroxylamine groups is 6. The van der Waals surface area contributed by atoms with Crippen LogP contribution in [0.15, 0.2) is 72.8 Å². The van der Waals surface area contributed by atoms with Crippen molar-refractivity contribution in [1.82, 2.24) is 45.9 Å². The molecule has 0 aliphatic rings. The molecule has 20 heteroatoms. The van der Waals surface area contributed by atoms with E-state index in [9.17, 15) is 54.6 Å². The average Bonchev–Trinajstić information content (AvgIpc) is 3.75. The number of phenolic OH excluding ortho intramolecular Hbond substituents is 2. The summed E-state index contributed by atoms with van der Waals surface area (Å²) < 4.78 is 1.52. The van der Waals surface area contributed by atoms with E-state index >= 15 is 0 Å². The highest BCUT2D eigenvalue weighted by atomic mass is 16.5. The Morgan fingerprint density at radius 2 is 1.23 bits per heavy atom. The van der Waals surface area contributed by atoms with E-state index in [2.05, 4.69) is 26.0 Å². The van der Waals surface area contributed by atoms with Crippen molar-refractivity contribution in [3.8, 4) is 40.0 Å². The zero-order valence-electron chi connectivity index (χ0n) is 37.4. The van der Waals surface area contributed by atoms with Gasteiger partial charge in [-0.05, 0) is 99.9 Å². The Hall–Kier alpha value is -6.90. The number of aromatic hydroxyl groups is 2. The van der Waals surface area contributed by atoms with Gasteiger partial charge in [0.1, 0.15) is 17.7 Å². The van der Waals surface area contributed by atoms with Crippen LogP contribution in [0.2, 0.25) is 0 Å². The minimum atomic E-state index is -1.08. The summed E-state index contributed by atoms with van der Waals surface area (Å²) in [6, 6.07) is 20.0. The lowest BCUT2D eigenvalue weighted by Gasteiger charge is -2.27. The minimum Gasteiger partial charge on any atom is -0.507 e. The number of hydrogen-bond donors (Lipinski definition) is 8. The summed E-state index contributed by atoms with van der Waals surface area (Å²) in [5, 5.41) is 65.6. The summed E-state index contributed by atoms with van der Waals surface area (Å²) >= 11 is 0. The molecule has 0 aliphatic heterocycles. The maximum Gasteiger partial charge on any atom is 0.251 e. The third kappa shape index (κ3) is 16.3. The first kappa shape index (κ1) is 51.7. The predicted molar refractivity (Wildman–Crippen MR) is 240 cm³/mol. The third-order valence-electron chi connectivity index (χ3n) is 10.5. The molecule has 1 unspecified atom stereocenters. The third-order valence-corrected chi connectivity index (χ3v) is 10.5. The maximum atomic E-state index is 12.9. The number of unbranched alkanes of at least 4 members (excludes halogenated alkanes) is 5. The van der Waals surface area contributed by atoms with Crippen LogP contribution in [0.3, 0.4) is 0 Å². The fraction of sp³-hybridized carbons (Fsp3) is 0.435. The topological polar surface area (TPSA) is 280 Å². The highest BCUT2D eigenvalue weighted by Crippen LogP contribution is 2.33. The standard InChI is InChI=1S/C46H61N9O11/c1-3-4-19-39(55(66)43(62)27-24-40(59)47-28-11-5-13-30-52(64)32(2)56)49-41(60)25-26-42(61)53(65)31-14-6-12-29-48-46(63)33-20-22-34(23-21-33)54-45(36-16-8-10-18-38(36)58)50-44(51-54)35-15-7-9-17-37(35)57/h7-10,15-18,20-23,39,57-58,64-66H,3-6,11-14,19,24-31H2,1-2H3,(H,47,59)(H,48,63)(H,49,60). The van der Waals surface area contributed by atoms with Gasteiger partial charge in [0.05, 0.1) is 16.8 Å². The van der Waals surface area contributed by atoms with Crippen molar-refractivity contribution in [3.05, 3.63) is 78.4 Å². The van der Waals surface area contributed by atoms with E-state index in [4.69, 9.17) is 0 Å². The Morgan fingerprint density at radius 1 is 0.652 bits per heavy atom. The van der Waals surface area contributed by atoms with Crippen LogP contribution < -0.4 is 16.0 Å². The number of carbonyl (C=O) groups excluding carboxylic acids is 6. The zero-order valence-corrected chi connectivity index (χ0v) is 37.4. The molecule has 8 N–H and O–H groups in total. The Labute approximate surface area is 383 Å². The number of para-hydroxylation sites is 2. The van der Waals surface area contributed by atoms with Crippen molar-refractivity contribution in [2.45, 2.75) is 103 Å². The van der Waals surface area contributed by atoms with Crippen molar-refractivity contribution >= 4 is 35.4 Å². The van der Waals surface area contributed by atoms with E-state index < -0.39 is 35.7 Å². The highest BCUT2D eigenvalue weighted by Gasteiger charge is 2.25. The summed E-state index contributed by atoms with van der Waals surface area (Å²) in [5.41, 5.74) is 1.78.